The maximum Gasteiger partial charge on any atom is 0.329 e. The summed E-state index contributed by atoms with van der Waals surface area (Å²) in [5, 5.41) is 2.72. The number of carbonyl (C=O) groups is 3. The van der Waals surface area contributed by atoms with E-state index in [1.54, 1.807) is 24.3 Å². The second kappa shape index (κ2) is 8.81. The van der Waals surface area contributed by atoms with Gasteiger partial charge in [0, 0.05) is 6.54 Å². The van der Waals surface area contributed by atoms with E-state index in [0.717, 1.165) is 5.56 Å². The maximum atomic E-state index is 12.6. The Hall–Kier alpha value is -3.29. The molecule has 1 N–H and O–H groups in total. The Morgan fingerprint density at radius 1 is 1.28 bits per heavy atom. The topological polar surface area (TPSA) is 98.1 Å². The van der Waals surface area contributed by atoms with Crippen LogP contribution in [0, 0.1) is 6.92 Å². The highest BCUT2D eigenvalue weighted by Crippen LogP contribution is 2.26. The van der Waals surface area contributed by atoms with Crippen LogP contribution in [0.25, 0.3) is 0 Å². The first-order valence-corrected chi connectivity index (χ1v) is 9.41. The molecule has 0 aliphatic carbocycles. The van der Waals surface area contributed by atoms with Gasteiger partial charge in [-0.2, -0.15) is 0 Å². The number of aryl methyl sites for hydroxylation is 1. The highest BCUT2D eigenvalue weighted by atomic mass is 16.5. The van der Waals surface area contributed by atoms with E-state index in [1.807, 2.05) is 13.0 Å². The van der Waals surface area contributed by atoms with Crippen LogP contribution < -0.4 is 10.1 Å². The number of rotatable bonds is 6. The number of nitrogens with zero attached hydrogens (tertiary/aromatic N) is 1. The molecule has 3 rings (SSSR count). The lowest BCUT2D eigenvalue weighted by Crippen LogP contribution is -2.43. The second-order valence-corrected chi connectivity index (χ2v) is 6.91. The molecule has 0 bridgehead atoms. The molecular weight excluding hydrogens is 376 g/mol. The molecule has 1 aliphatic rings. The van der Waals surface area contributed by atoms with Crippen molar-refractivity contribution in [2.24, 2.45) is 0 Å². The van der Waals surface area contributed by atoms with Gasteiger partial charge in [-0.25, -0.2) is 4.79 Å². The number of nitrogens with one attached hydrogen (secondary N) is 1. The van der Waals surface area contributed by atoms with Crippen molar-refractivity contribution in [1.82, 2.24) is 4.90 Å². The van der Waals surface area contributed by atoms with E-state index in [1.165, 1.54) is 25.2 Å². The Morgan fingerprint density at radius 2 is 2.07 bits per heavy atom. The molecule has 8 nitrogen and oxygen atoms in total. The third-order valence-corrected chi connectivity index (χ3v) is 4.79. The molecule has 2 amide bonds. The van der Waals surface area contributed by atoms with Crippen LogP contribution in [0.5, 0.6) is 5.75 Å². The minimum Gasteiger partial charge on any atom is -0.495 e. The van der Waals surface area contributed by atoms with Crippen molar-refractivity contribution in [1.29, 1.82) is 0 Å². The average Bonchev–Trinajstić information content (AvgIpc) is 3.39. The van der Waals surface area contributed by atoms with Crippen molar-refractivity contribution in [3.63, 3.8) is 0 Å². The molecule has 1 aliphatic heterocycles. The fraction of sp³-hybridized carbons (Fsp3) is 0.381. The van der Waals surface area contributed by atoms with Crippen LogP contribution in [-0.4, -0.2) is 48.5 Å². The predicted octanol–water partition coefficient (Wildman–Crippen LogP) is 2.77. The molecule has 154 valence electrons. The summed E-state index contributed by atoms with van der Waals surface area (Å²) in [6.07, 6.45) is 1.52. The number of anilines is 1. The van der Waals surface area contributed by atoms with E-state index in [4.69, 9.17) is 13.9 Å². The van der Waals surface area contributed by atoms with Gasteiger partial charge >= 0.3 is 5.97 Å². The minimum atomic E-state index is -1.03. The van der Waals surface area contributed by atoms with Crippen molar-refractivity contribution < 1.29 is 28.3 Å². The molecule has 8 heteroatoms. The van der Waals surface area contributed by atoms with Gasteiger partial charge in [-0.05, 0) is 56.5 Å². The van der Waals surface area contributed by atoms with E-state index in [-0.39, 0.29) is 11.7 Å². The Labute approximate surface area is 168 Å². The number of methoxy groups -OCH3 is 1. The van der Waals surface area contributed by atoms with Crippen molar-refractivity contribution in [2.75, 3.05) is 19.0 Å². The van der Waals surface area contributed by atoms with Crippen LogP contribution >= 0.6 is 0 Å². The number of furan rings is 1. The van der Waals surface area contributed by atoms with Gasteiger partial charge in [-0.15, -0.1) is 0 Å². The third-order valence-electron chi connectivity index (χ3n) is 4.79. The van der Waals surface area contributed by atoms with Crippen LogP contribution in [-0.2, 0) is 14.3 Å². The first-order valence-electron chi connectivity index (χ1n) is 9.41. The van der Waals surface area contributed by atoms with Gasteiger partial charge in [0.15, 0.2) is 11.9 Å². The molecule has 0 radical (unpaired) electrons. The number of amides is 2. The van der Waals surface area contributed by atoms with Crippen LogP contribution in [0.3, 0.4) is 0 Å². The molecule has 1 aromatic carbocycles. The van der Waals surface area contributed by atoms with E-state index >= 15 is 0 Å². The van der Waals surface area contributed by atoms with Crippen LogP contribution in [0.2, 0.25) is 0 Å². The minimum absolute atomic E-state index is 0.169. The zero-order valence-electron chi connectivity index (χ0n) is 16.6. The van der Waals surface area contributed by atoms with Crippen molar-refractivity contribution in [3.8, 4) is 5.75 Å². The van der Waals surface area contributed by atoms with E-state index in [0.29, 0.717) is 30.8 Å². The van der Waals surface area contributed by atoms with Crippen LogP contribution in [0.4, 0.5) is 5.69 Å². The van der Waals surface area contributed by atoms with E-state index < -0.39 is 24.0 Å². The fourth-order valence-electron chi connectivity index (χ4n) is 3.26. The van der Waals surface area contributed by atoms with Gasteiger partial charge < -0.3 is 24.1 Å². The molecule has 2 atom stereocenters. The Balaban J connectivity index is 1.63. The normalized spacial score (nSPS) is 16.9. The second-order valence-electron chi connectivity index (χ2n) is 6.91. The zero-order chi connectivity index (χ0) is 21.0. The molecular formula is C21H24N2O6. The summed E-state index contributed by atoms with van der Waals surface area (Å²) in [5.41, 5.74) is 1.44. The lowest BCUT2D eigenvalue weighted by atomic mass is 10.2. The van der Waals surface area contributed by atoms with Crippen molar-refractivity contribution in [3.05, 3.63) is 47.9 Å². The predicted molar refractivity (Wildman–Crippen MR) is 105 cm³/mol. The summed E-state index contributed by atoms with van der Waals surface area (Å²) in [6, 6.07) is 7.81. The highest BCUT2D eigenvalue weighted by molar-refractivity contribution is 5.98. The van der Waals surface area contributed by atoms with Crippen molar-refractivity contribution >= 4 is 23.5 Å². The lowest BCUT2D eigenvalue weighted by Gasteiger charge is -2.24. The standard InChI is InChI=1S/C21H24N2O6/c1-13-8-9-17(27-3)15(12-13)22-19(24)14(2)29-21(26)16-6-4-10-23(16)20(25)18-7-5-11-28-18/h5,7-9,11-12,14,16H,4,6,10H2,1-3H3,(H,22,24)/t14-,16-/m1/s1. The average molecular weight is 400 g/mol. The molecule has 1 aromatic heterocycles. The van der Waals surface area contributed by atoms with E-state index in [9.17, 15) is 14.4 Å². The molecule has 0 unspecified atom stereocenters. The molecule has 1 saturated heterocycles. The summed E-state index contributed by atoms with van der Waals surface area (Å²) in [4.78, 5) is 39.1. The third kappa shape index (κ3) is 4.59. The van der Waals surface area contributed by atoms with Gasteiger partial charge in [-0.3, -0.25) is 9.59 Å². The number of hydrogen-bond donors (Lipinski definition) is 1. The number of esters is 1. The first kappa shape index (κ1) is 20.4. The van der Waals surface area contributed by atoms with E-state index in [2.05, 4.69) is 5.32 Å². The number of hydrogen-bond acceptors (Lipinski definition) is 6. The van der Waals surface area contributed by atoms with Crippen LogP contribution in [0.15, 0.2) is 41.0 Å². The molecule has 2 heterocycles. The molecule has 29 heavy (non-hydrogen) atoms. The van der Waals surface area contributed by atoms with Crippen LogP contribution in [0.1, 0.15) is 35.9 Å². The quantitative estimate of drug-likeness (QED) is 0.749. The van der Waals surface area contributed by atoms with Gasteiger partial charge in [0.05, 0.1) is 19.1 Å². The maximum absolute atomic E-state index is 12.6. The van der Waals surface area contributed by atoms with Gasteiger partial charge in [0.25, 0.3) is 11.8 Å². The lowest BCUT2D eigenvalue weighted by molar-refractivity contribution is -0.156. The van der Waals surface area contributed by atoms with Gasteiger partial charge in [0.2, 0.25) is 0 Å². The molecule has 1 fully saturated rings. The van der Waals surface area contributed by atoms with Gasteiger partial charge in [-0.1, -0.05) is 6.07 Å². The Morgan fingerprint density at radius 3 is 2.76 bits per heavy atom. The summed E-state index contributed by atoms with van der Waals surface area (Å²) >= 11 is 0. The number of ether oxygens (including phenoxy) is 2. The molecule has 0 saturated carbocycles. The largest absolute Gasteiger partial charge is 0.495 e. The summed E-state index contributed by atoms with van der Waals surface area (Å²) in [7, 11) is 1.51. The summed E-state index contributed by atoms with van der Waals surface area (Å²) in [5.74, 6) is -0.781. The monoisotopic (exact) mass is 400 g/mol. The van der Waals surface area contributed by atoms with Crippen molar-refractivity contribution in [2.45, 2.75) is 38.8 Å². The Kier molecular flexibility index (Phi) is 6.21. The summed E-state index contributed by atoms with van der Waals surface area (Å²) in [6.45, 7) is 3.81. The zero-order valence-corrected chi connectivity index (χ0v) is 16.6. The van der Waals surface area contributed by atoms with Gasteiger partial charge in [0.1, 0.15) is 11.8 Å². The number of carbonyl (C=O) groups excluding carboxylic acids is 3. The molecule has 2 aromatic rings. The first-order chi connectivity index (χ1) is 13.9. The highest BCUT2D eigenvalue weighted by Gasteiger charge is 2.37. The Bertz CT molecular complexity index is 893. The fourth-order valence-corrected chi connectivity index (χ4v) is 3.26. The number of likely N-dealkylation sites (tertiary alicyclic amines) is 1. The molecule has 0 spiro atoms. The SMILES string of the molecule is COc1ccc(C)cc1NC(=O)[C@@H](C)OC(=O)[C@H]1CCCN1C(=O)c1ccco1. The smallest absolute Gasteiger partial charge is 0.329 e. The number of benzene rings is 1. The summed E-state index contributed by atoms with van der Waals surface area (Å²) < 4.78 is 15.7.